The quantitative estimate of drug-likeness (QED) is 0.462. The summed E-state index contributed by atoms with van der Waals surface area (Å²) in [6, 6.07) is 4.13. The number of rotatable bonds is 12. The van der Waals surface area contributed by atoms with E-state index in [1.165, 1.54) is 32.3 Å². The number of benzene rings is 1. The van der Waals surface area contributed by atoms with Crippen molar-refractivity contribution in [3.05, 3.63) is 23.2 Å². The number of amides is 2. The minimum Gasteiger partial charge on any atom is -0.385 e. The van der Waals surface area contributed by atoms with E-state index in [1.807, 2.05) is 0 Å². The Labute approximate surface area is 177 Å². The van der Waals surface area contributed by atoms with Gasteiger partial charge in [-0.25, -0.2) is 12.7 Å². The van der Waals surface area contributed by atoms with Crippen molar-refractivity contribution in [1.82, 2.24) is 14.5 Å². The maximum Gasteiger partial charge on any atom is 0.242 e. The minimum absolute atomic E-state index is 0.0319. The molecule has 11 heteroatoms. The smallest absolute Gasteiger partial charge is 0.242 e. The molecule has 1 aromatic carbocycles. The first-order valence-corrected chi connectivity index (χ1v) is 10.9. The van der Waals surface area contributed by atoms with Crippen molar-refractivity contribution in [3.8, 4) is 0 Å². The van der Waals surface area contributed by atoms with Gasteiger partial charge in [0.05, 0.1) is 22.2 Å². The van der Waals surface area contributed by atoms with Gasteiger partial charge in [-0.1, -0.05) is 11.6 Å². The van der Waals surface area contributed by atoms with Gasteiger partial charge in [0.25, 0.3) is 0 Å². The van der Waals surface area contributed by atoms with Crippen LogP contribution in [0.5, 0.6) is 0 Å². The average Bonchev–Trinajstić information content (AvgIpc) is 2.65. The topological polar surface area (TPSA) is 108 Å². The largest absolute Gasteiger partial charge is 0.385 e. The van der Waals surface area contributed by atoms with E-state index in [4.69, 9.17) is 16.3 Å². The Morgan fingerprint density at radius 2 is 1.86 bits per heavy atom. The molecule has 0 aliphatic rings. The second kappa shape index (κ2) is 12.1. The normalized spacial score (nSPS) is 11.7. The Morgan fingerprint density at radius 3 is 2.48 bits per heavy atom. The maximum absolute atomic E-state index is 12.2. The standard InChI is InChI=1S/C18H29ClN4O5S/c1-22(2)29(26,27)14-6-7-15(19)16(12-14)21-17(24)8-10-23(3)13-18(25)20-9-5-11-28-4/h6-7,12H,5,8-11,13H2,1-4H3,(H,20,25)(H,21,24). The number of halogens is 1. The molecule has 0 radical (unpaired) electrons. The molecule has 0 aliphatic heterocycles. The molecule has 2 amide bonds. The molecule has 29 heavy (non-hydrogen) atoms. The van der Waals surface area contributed by atoms with Gasteiger partial charge in [0.15, 0.2) is 0 Å². The first kappa shape index (κ1) is 25.3. The van der Waals surface area contributed by atoms with Crippen LogP contribution in [0.3, 0.4) is 0 Å². The van der Waals surface area contributed by atoms with Crippen LogP contribution in [0.15, 0.2) is 23.1 Å². The van der Waals surface area contributed by atoms with Gasteiger partial charge >= 0.3 is 0 Å². The molecule has 0 atom stereocenters. The Hall–Kier alpha value is -1.72. The summed E-state index contributed by atoms with van der Waals surface area (Å²) in [4.78, 5) is 25.8. The lowest BCUT2D eigenvalue weighted by molar-refractivity contribution is -0.122. The Bertz CT molecular complexity index is 801. The molecule has 0 saturated carbocycles. The highest BCUT2D eigenvalue weighted by atomic mass is 35.5. The highest BCUT2D eigenvalue weighted by Crippen LogP contribution is 2.26. The zero-order valence-corrected chi connectivity index (χ0v) is 18.8. The average molecular weight is 449 g/mol. The molecule has 0 fully saturated rings. The number of carbonyl (C=O) groups excluding carboxylic acids is 2. The lowest BCUT2D eigenvalue weighted by Gasteiger charge is -2.17. The number of nitrogens with zero attached hydrogens (tertiary/aromatic N) is 2. The molecule has 164 valence electrons. The van der Waals surface area contributed by atoms with Crippen LogP contribution in [0.2, 0.25) is 5.02 Å². The number of likely N-dealkylation sites (N-methyl/N-ethyl adjacent to an activating group) is 1. The van der Waals surface area contributed by atoms with E-state index in [-0.39, 0.29) is 40.4 Å². The van der Waals surface area contributed by atoms with Gasteiger partial charge in [0.1, 0.15) is 0 Å². The number of methoxy groups -OCH3 is 1. The predicted octanol–water partition coefficient (Wildman–Crippen LogP) is 1.00. The summed E-state index contributed by atoms with van der Waals surface area (Å²) in [5, 5.41) is 5.63. The molecule has 1 aromatic rings. The summed E-state index contributed by atoms with van der Waals surface area (Å²) in [5.74, 6) is -0.465. The minimum atomic E-state index is -3.64. The molecule has 1 rings (SSSR count). The monoisotopic (exact) mass is 448 g/mol. The number of nitrogens with one attached hydrogen (secondary N) is 2. The summed E-state index contributed by atoms with van der Waals surface area (Å²) in [6.45, 7) is 1.63. The van der Waals surface area contributed by atoms with Crippen molar-refractivity contribution < 1.29 is 22.7 Å². The van der Waals surface area contributed by atoms with Gasteiger partial charge in [-0.15, -0.1) is 0 Å². The molecule has 0 bridgehead atoms. The molecular weight excluding hydrogens is 420 g/mol. The third-order valence-corrected chi connectivity index (χ3v) is 6.11. The summed E-state index contributed by atoms with van der Waals surface area (Å²) in [6.07, 6.45) is 0.853. The van der Waals surface area contributed by atoms with Crippen LogP contribution in [0.1, 0.15) is 12.8 Å². The number of anilines is 1. The fourth-order valence-corrected chi connectivity index (χ4v) is 3.39. The number of carbonyl (C=O) groups is 2. The number of ether oxygens (including phenoxy) is 1. The Kier molecular flexibility index (Phi) is 10.5. The molecule has 0 unspecified atom stereocenters. The summed E-state index contributed by atoms with van der Waals surface area (Å²) in [5.41, 5.74) is 0.220. The van der Waals surface area contributed by atoms with Gasteiger partial charge in [-0.05, 0) is 31.7 Å². The molecule has 0 heterocycles. The van der Waals surface area contributed by atoms with Crippen LogP contribution in [0, 0.1) is 0 Å². The van der Waals surface area contributed by atoms with Crippen molar-refractivity contribution in [2.45, 2.75) is 17.7 Å². The van der Waals surface area contributed by atoms with Crippen LogP contribution in [0.25, 0.3) is 0 Å². The Morgan fingerprint density at radius 1 is 1.17 bits per heavy atom. The van der Waals surface area contributed by atoms with Gasteiger partial charge < -0.3 is 15.4 Å². The van der Waals surface area contributed by atoms with E-state index in [0.717, 1.165) is 10.7 Å². The first-order valence-electron chi connectivity index (χ1n) is 9.04. The number of sulfonamides is 1. The van der Waals surface area contributed by atoms with Crippen molar-refractivity contribution >= 4 is 39.1 Å². The molecule has 2 N–H and O–H groups in total. The molecule has 0 saturated heterocycles. The van der Waals surface area contributed by atoms with Crippen LogP contribution >= 0.6 is 11.6 Å². The maximum atomic E-state index is 12.2. The molecule has 0 spiro atoms. The fourth-order valence-electron chi connectivity index (χ4n) is 2.30. The lowest BCUT2D eigenvalue weighted by Crippen LogP contribution is -2.37. The third-order valence-electron chi connectivity index (χ3n) is 3.97. The SMILES string of the molecule is COCCCNC(=O)CN(C)CCC(=O)Nc1cc(S(=O)(=O)N(C)C)ccc1Cl. The van der Waals surface area contributed by atoms with Crippen molar-refractivity contribution in [2.75, 3.05) is 59.8 Å². The van der Waals surface area contributed by atoms with E-state index in [0.29, 0.717) is 19.7 Å². The molecular formula is C18H29ClN4O5S. The van der Waals surface area contributed by atoms with Gasteiger partial charge in [0, 0.05) is 47.3 Å². The third kappa shape index (κ3) is 8.67. The van der Waals surface area contributed by atoms with Crippen molar-refractivity contribution in [1.29, 1.82) is 0 Å². The van der Waals surface area contributed by atoms with Gasteiger partial charge in [-0.3, -0.25) is 14.5 Å². The lowest BCUT2D eigenvalue weighted by atomic mass is 10.3. The zero-order valence-electron chi connectivity index (χ0n) is 17.2. The predicted molar refractivity (Wildman–Crippen MR) is 113 cm³/mol. The van der Waals surface area contributed by atoms with Crippen molar-refractivity contribution in [3.63, 3.8) is 0 Å². The number of hydrogen-bond acceptors (Lipinski definition) is 6. The van der Waals surface area contributed by atoms with Crippen LogP contribution < -0.4 is 10.6 Å². The summed E-state index contributed by atoms with van der Waals surface area (Å²) in [7, 11) is 2.54. The van der Waals surface area contributed by atoms with E-state index in [2.05, 4.69) is 10.6 Å². The van der Waals surface area contributed by atoms with E-state index in [1.54, 1.807) is 19.1 Å². The fraction of sp³-hybridized carbons (Fsp3) is 0.556. The zero-order chi connectivity index (χ0) is 22.0. The van der Waals surface area contributed by atoms with E-state index >= 15 is 0 Å². The summed E-state index contributed by atoms with van der Waals surface area (Å²) < 4.78 is 30.5. The van der Waals surface area contributed by atoms with Crippen LogP contribution in [0.4, 0.5) is 5.69 Å². The molecule has 0 aromatic heterocycles. The number of hydrogen-bond donors (Lipinski definition) is 2. The molecule has 0 aliphatic carbocycles. The Balaban J connectivity index is 2.55. The first-order chi connectivity index (χ1) is 13.6. The van der Waals surface area contributed by atoms with Gasteiger partial charge in [-0.2, -0.15) is 0 Å². The van der Waals surface area contributed by atoms with E-state index in [9.17, 15) is 18.0 Å². The highest BCUT2D eigenvalue weighted by molar-refractivity contribution is 7.89. The highest BCUT2D eigenvalue weighted by Gasteiger charge is 2.19. The van der Waals surface area contributed by atoms with Crippen molar-refractivity contribution in [2.24, 2.45) is 0 Å². The second-order valence-electron chi connectivity index (χ2n) is 6.66. The molecule has 9 nitrogen and oxygen atoms in total. The summed E-state index contributed by atoms with van der Waals surface area (Å²) >= 11 is 6.08. The van der Waals surface area contributed by atoms with Crippen LogP contribution in [-0.2, 0) is 24.3 Å². The second-order valence-corrected chi connectivity index (χ2v) is 9.22. The van der Waals surface area contributed by atoms with Gasteiger partial charge in [0.2, 0.25) is 21.8 Å². The van der Waals surface area contributed by atoms with E-state index < -0.39 is 10.0 Å². The van der Waals surface area contributed by atoms with Crippen LogP contribution in [-0.4, -0.2) is 83.9 Å².